The average molecular weight is 393 g/mol. The Balaban J connectivity index is 1.69. The third kappa shape index (κ3) is 4.87. The van der Waals surface area contributed by atoms with Crippen LogP contribution in [0.5, 0.6) is 5.75 Å². The predicted molar refractivity (Wildman–Crippen MR) is 118 cm³/mol. The largest absolute Gasteiger partial charge is 0.494 e. The molecule has 29 heavy (non-hydrogen) atoms. The maximum Gasteiger partial charge on any atom is 0.243 e. The molecule has 0 radical (unpaired) electrons. The summed E-state index contributed by atoms with van der Waals surface area (Å²) < 4.78 is 5.73. The smallest absolute Gasteiger partial charge is 0.243 e. The highest BCUT2D eigenvalue weighted by Crippen LogP contribution is 2.36. The first-order valence-corrected chi connectivity index (χ1v) is 10.6. The number of benzene rings is 2. The number of ether oxygens (including phenoxy) is 1. The van der Waals surface area contributed by atoms with Gasteiger partial charge in [0.05, 0.1) is 17.9 Å². The predicted octanol–water partition coefficient (Wildman–Crippen LogP) is 5.66. The molecule has 4 nitrogen and oxygen atoms in total. The fraction of sp³-hybridized carbons (Fsp3) is 0.440. The number of aryl methyl sites for hydroxylation is 2. The van der Waals surface area contributed by atoms with E-state index < -0.39 is 0 Å². The molecular weight excluding hydrogens is 360 g/mol. The first-order valence-electron chi connectivity index (χ1n) is 10.6. The van der Waals surface area contributed by atoms with Crippen LogP contribution in [0.4, 0.5) is 0 Å². The number of hydrogen-bond acceptors (Lipinski definition) is 3. The summed E-state index contributed by atoms with van der Waals surface area (Å²) in [5, 5.41) is 6.61. The van der Waals surface area contributed by atoms with E-state index in [-0.39, 0.29) is 11.4 Å². The lowest BCUT2D eigenvalue weighted by Gasteiger charge is -2.34. The maximum absolute atomic E-state index is 13.1. The lowest BCUT2D eigenvalue weighted by molar-refractivity contribution is -0.137. The fourth-order valence-electron chi connectivity index (χ4n) is 4.11. The van der Waals surface area contributed by atoms with Crippen LogP contribution in [0.25, 0.3) is 0 Å². The molecule has 0 N–H and O–H groups in total. The topological polar surface area (TPSA) is 41.9 Å². The van der Waals surface area contributed by atoms with Gasteiger partial charge in [-0.2, -0.15) is 5.10 Å². The van der Waals surface area contributed by atoms with Crippen molar-refractivity contribution in [2.75, 3.05) is 6.61 Å². The van der Waals surface area contributed by atoms with E-state index in [0.717, 1.165) is 36.3 Å². The molecule has 2 aromatic carbocycles. The van der Waals surface area contributed by atoms with E-state index in [2.05, 4.69) is 45.9 Å². The van der Waals surface area contributed by atoms with Gasteiger partial charge in [0.15, 0.2) is 0 Å². The quantitative estimate of drug-likeness (QED) is 0.544. The minimum atomic E-state index is -0.218. The van der Waals surface area contributed by atoms with Crippen LogP contribution in [0.2, 0.25) is 0 Å². The summed E-state index contributed by atoms with van der Waals surface area (Å²) in [7, 11) is 0. The molecule has 0 atom stereocenters. The van der Waals surface area contributed by atoms with Gasteiger partial charge in [-0.3, -0.25) is 4.79 Å². The summed E-state index contributed by atoms with van der Waals surface area (Å²) in [5.74, 6) is 0.928. The molecule has 1 aliphatic heterocycles. The normalized spacial score (nSPS) is 15.3. The van der Waals surface area contributed by atoms with E-state index in [4.69, 9.17) is 9.84 Å². The summed E-state index contributed by atoms with van der Waals surface area (Å²) in [6, 6.07) is 16.2. The van der Waals surface area contributed by atoms with E-state index in [1.165, 1.54) is 11.1 Å². The summed E-state index contributed by atoms with van der Waals surface area (Å²) in [6.07, 6.45) is 3.73. The molecule has 0 fully saturated rings. The van der Waals surface area contributed by atoms with Crippen molar-refractivity contribution in [2.24, 2.45) is 5.10 Å². The van der Waals surface area contributed by atoms with Gasteiger partial charge in [-0.25, -0.2) is 5.01 Å². The van der Waals surface area contributed by atoms with Gasteiger partial charge in [0.25, 0.3) is 0 Å². The third-order valence-corrected chi connectivity index (χ3v) is 5.82. The summed E-state index contributed by atoms with van der Waals surface area (Å²) >= 11 is 0. The molecule has 1 heterocycles. The summed E-state index contributed by atoms with van der Waals surface area (Å²) in [4.78, 5) is 13.1. The van der Waals surface area contributed by atoms with Gasteiger partial charge < -0.3 is 4.74 Å². The van der Waals surface area contributed by atoms with Crippen molar-refractivity contribution in [3.8, 4) is 5.75 Å². The molecule has 0 saturated heterocycles. The second-order valence-electron chi connectivity index (χ2n) is 8.00. The maximum atomic E-state index is 13.1. The molecule has 0 aromatic heterocycles. The molecule has 2 aromatic rings. The SMILES string of the molecule is CCC1(CC)CC(c2cc(C)cc(C)c2)=NN1C(=O)CCCOc1ccccc1. The molecule has 3 rings (SSSR count). The Bertz CT molecular complexity index is 849. The van der Waals surface area contributed by atoms with E-state index in [0.29, 0.717) is 19.4 Å². The van der Waals surface area contributed by atoms with Crippen molar-refractivity contribution in [3.63, 3.8) is 0 Å². The highest BCUT2D eigenvalue weighted by molar-refractivity contribution is 6.04. The number of carbonyl (C=O) groups excluding carboxylic acids is 1. The van der Waals surface area contributed by atoms with Crippen molar-refractivity contribution >= 4 is 11.6 Å². The number of rotatable bonds is 8. The number of para-hydroxylation sites is 1. The number of hydrazone groups is 1. The minimum Gasteiger partial charge on any atom is -0.494 e. The van der Waals surface area contributed by atoms with E-state index >= 15 is 0 Å². The standard InChI is InChI=1S/C25H32N2O2/c1-5-25(6-2)18-23(21-16-19(3)15-20(4)17-21)26-27(25)24(28)13-10-14-29-22-11-8-7-9-12-22/h7-9,11-12,15-17H,5-6,10,13-14,18H2,1-4H3. The minimum absolute atomic E-state index is 0.0877. The molecule has 0 saturated carbocycles. The van der Waals surface area contributed by atoms with Gasteiger partial charge in [-0.1, -0.05) is 61.4 Å². The van der Waals surface area contributed by atoms with E-state index in [1.54, 1.807) is 5.01 Å². The van der Waals surface area contributed by atoms with E-state index in [1.807, 2.05) is 30.3 Å². The molecule has 0 unspecified atom stereocenters. The Morgan fingerprint density at radius 1 is 1.07 bits per heavy atom. The lowest BCUT2D eigenvalue weighted by Crippen LogP contribution is -2.45. The number of nitrogens with zero attached hydrogens (tertiary/aromatic N) is 2. The zero-order valence-corrected chi connectivity index (χ0v) is 18.1. The van der Waals surface area contributed by atoms with Crippen molar-refractivity contribution in [1.29, 1.82) is 0 Å². The number of hydrogen-bond donors (Lipinski definition) is 0. The second kappa shape index (κ2) is 9.25. The molecule has 154 valence electrons. The summed E-state index contributed by atoms with van der Waals surface area (Å²) in [6.45, 7) is 9.05. The van der Waals surface area contributed by atoms with Gasteiger partial charge in [0.2, 0.25) is 5.91 Å². The van der Waals surface area contributed by atoms with Crippen LogP contribution < -0.4 is 4.74 Å². The Morgan fingerprint density at radius 3 is 2.34 bits per heavy atom. The molecule has 1 amide bonds. The number of carbonyl (C=O) groups is 1. The van der Waals surface area contributed by atoms with Gasteiger partial charge in [0.1, 0.15) is 5.75 Å². The Morgan fingerprint density at radius 2 is 1.72 bits per heavy atom. The van der Waals surface area contributed by atoms with E-state index in [9.17, 15) is 4.79 Å². The Labute approximate surface area is 174 Å². The molecule has 0 aliphatic carbocycles. The molecule has 1 aliphatic rings. The molecular formula is C25H32N2O2. The van der Waals surface area contributed by atoms with Gasteiger partial charge in [-0.05, 0) is 50.8 Å². The Hall–Kier alpha value is -2.62. The van der Waals surface area contributed by atoms with Gasteiger partial charge in [0, 0.05) is 12.8 Å². The Kier molecular flexibility index (Phi) is 6.73. The van der Waals surface area contributed by atoms with Crippen molar-refractivity contribution < 1.29 is 9.53 Å². The van der Waals surface area contributed by atoms with Crippen LogP contribution in [-0.2, 0) is 4.79 Å². The van der Waals surface area contributed by atoms with Crippen LogP contribution in [0.15, 0.2) is 53.6 Å². The fourth-order valence-corrected chi connectivity index (χ4v) is 4.11. The monoisotopic (exact) mass is 392 g/mol. The van der Waals surface area contributed by atoms with Crippen LogP contribution >= 0.6 is 0 Å². The first-order chi connectivity index (χ1) is 14.0. The summed E-state index contributed by atoms with van der Waals surface area (Å²) in [5.41, 5.74) is 4.39. The van der Waals surface area contributed by atoms with Gasteiger partial charge in [-0.15, -0.1) is 0 Å². The lowest BCUT2D eigenvalue weighted by atomic mass is 9.85. The zero-order chi connectivity index (χ0) is 20.9. The number of amides is 1. The van der Waals surface area contributed by atoms with Crippen LogP contribution in [0.3, 0.4) is 0 Å². The van der Waals surface area contributed by atoms with Crippen molar-refractivity contribution in [1.82, 2.24) is 5.01 Å². The highest BCUT2D eigenvalue weighted by Gasteiger charge is 2.43. The first kappa shape index (κ1) is 21.1. The van der Waals surface area contributed by atoms with Crippen molar-refractivity contribution in [3.05, 3.63) is 65.2 Å². The average Bonchev–Trinajstić information content (AvgIpc) is 3.12. The van der Waals surface area contributed by atoms with Crippen molar-refractivity contribution in [2.45, 2.75) is 65.3 Å². The molecule has 4 heteroatoms. The van der Waals surface area contributed by atoms with Crippen LogP contribution in [0, 0.1) is 13.8 Å². The van der Waals surface area contributed by atoms with Gasteiger partial charge >= 0.3 is 0 Å². The van der Waals surface area contributed by atoms with Crippen LogP contribution in [-0.4, -0.2) is 28.8 Å². The molecule has 0 spiro atoms. The third-order valence-electron chi connectivity index (χ3n) is 5.82. The molecule has 0 bridgehead atoms. The van der Waals surface area contributed by atoms with Crippen LogP contribution in [0.1, 0.15) is 62.6 Å². The highest BCUT2D eigenvalue weighted by atomic mass is 16.5. The zero-order valence-electron chi connectivity index (χ0n) is 18.1. The second-order valence-corrected chi connectivity index (χ2v) is 8.00.